The normalized spacial score (nSPS) is 11.8. The minimum atomic E-state index is -0.727. The van der Waals surface area contributed by atoms with E-state index in [1.807, 2.05) is 6.07 Å². The maximum atomic E-state index is 9.80. The van der Waals surface area contributed by atoms with Crippen molar-refractivity contribution in [2.75, 3.05) is 11.9 Å². The van der Waals surface area contributed by atoms with Crippen LogP contribution in [0, 0.1) is 11.3 Å². The SMILES string of the molecule is N#Cc1ccc(NCC(O)c2ccco2)cc1Cl. The van der Waals surface area contributed by atoms with Gasteiger partial charge < -0.3 is 14.8 Å². The summed E-state index contributed by atoms with van der Waals surface area (Å²) in [5.74, 6) is 0.502. The van der Waals surface area contributed by atoms with Crippen LogP contribution in [0.2, 0.25) is 5.02 Å². The largest absolute Gasteiger partial charge is 0.467 e. The molecule has 0 radical (unpaired) electrons. The monoisotopic (exact) mass is 262 g/mol. The molecule has 0 aliphatic heterocycles. The quantitative estimate of drug-likeness (QED) is 0.889. The van der Waals surface area contributed by atoms with Gasteiger partial charge in [-0.2, -0.15) is 5.26 Å². The van der Waals surface area contributed by atoms with Gasteiger partial charge in [0.05, 0.1) is 16.8 Å². The summed E-state index contributed by atoms with van der Waals surface area (Å²) in [5, 5.41) is 21.9. The van der Waals surface area contributed by atoms with E-state index >= 15 is 0 Å². The van der Waals surface area contributed by atoms with E-state index in [1.165, 1.54) is 6.26 Å². The van der Waals surface area contributed by atoms with Crippen LogP contribution in [0.4, 0.5) is 5.69 Å². The van der Waals surface area contributed by atoms with Gasteiger partial charge in [-0.05, 0) is 30.3 Å². The van der Waals surface area contributed by atoms with Crippen LogP contribution in [0.1, 0.15) is 17.4 Å². The Bertz CT molecular complexity index is 561. The molecule has 2 aromatic rings. The molecule has 0 bridgehead atoms. The molecule has 1 aromatic heterocycles. The lowest BCUT2D eigenvalue weighted by atomic mass is 10.2. The highest BCUT2D eigenvalue weighted by atomic mass is 35.5. The number of aliphatic hydroxyl groups excluding tert-OH is 1. The maximum Gasteiger partial charge on any atom is 0.134 e. The van der Waals surface area contributed by atoms with Crippen molar-refractivity contribution in [1.82, 2.24) is 0 Å². The molecule has 4 nitrogen and oxygen atoms in total. The van der Waals surface area contributed by atoms with Crippen molar-refractivity contribution in [2.24, 2.45) is 0 Å². The van der Waals surface area contributed by atoms with E-state index in [4.69, 9.17) is 21.3 Å². The summed E-state index contributed by atoms with van der Waals surface area (Å²) in [6.45, 7) is 0.301. The van der Waals surface area contributed by atoms with Crippen molar-refractivity contribution >= 4 is 17.3 Å². The Balaban J connectivity index is 1.99. The summed E-state index contributed by atoms with van der Waals surface area (Å²) in [4.78, 5) is 0. The number of rotatable bonds is 4. The van der Waals surface area contributed by atoms with Crippen LogP contribution in [0.25, 0.3) is 0 Å². The van der Waals surface area contributed by atoms with Crippen LogP contribution < -0.4 is 5.32 Å². The lowest BCUT2D eigenvalue weighted by molar-refractivity contribution is 0.162. The molecule has 5 heteroatoms. The second-order valence-corrected chi connectivity index (χ2v) is 4.13. The minimum absolute atomic E-state index is 0.301. The van der Waals surface area contributed by atoms with Gasteiger partial charge in [0.25, 0.3) is 0 Å². The maximum absolute atomic E-state index is 9.80. The fraction of sp³-hybridized carbons (Fsp3) is 0.154. The Kier molecular flexibility index (Phi) is 3.88. The first-order valence-corrected chi connectivity index (χ1v) is 5.73. The van der Waals surface area contributed by atoms with Gasteiger partial charge >= 0.3 is 0 Å². The van der Waals surface area contributed by atoms with E-state index in [9.17, 15) is 5.11 Å². The third-order valence-electron chi connectivity index (χ3n) is 2.46. The standard InChI is InChI=1S/C13H11ClN2O2/c14-11-6-10(4-3-9(11)7-15)16-8-12(17)13-2-1-5-18-13/h1-6,12,16-17H,8H2. The number of nitrogens with zero attached hydrogens (tertiary/aromatic N) is 1. The molecule has 1 unspecified atom stereocenters. The van der Waals surface area contributed by atoms with Crippen LogP contribution in [-0.4, -0.2) is 11.7 Å². The molecular formula is C13H11ClN2O2. The lowest BCUT2D eigenvalue weighted by Crippen LogP contribution is -2.11. The van der Waals surface area contributed by atoms with Crippen molar-refractivity contribution < 1.29 is 9.52 Å². The molecule has 1 heterocycles. The van der Waals surface area contributed by atoms with E-state index in [0.717, 1.165) is 5.69 Å². The van der Waals surface area contributed by atoms with E-state index in [2.05, 4.69) is 5.32 Å². The van der Waals surface area contributed by atoms with Crippen LogP contribution in [0.15, 0.2) is 41.0 Å². The third-order valence-corrected chi connectivity index (χ3v) is 2.77. The zero-order valence-electron chi connectivity index (χ0n) is 9.43. The molecule has 0 aliphatic carbocycles. The summed E-state index contributed by atoms with van der Waals surface area (Å²) in [5.41, 5.74) is 1.17. The molecule has 0 fully saturated rings. The number of furan rings is 1. The third kappa shape index (κ3) is 2.83. The molecule has 18 heavy (non-hydrogen) atoms. The summed E-state index contributed by atoms with van der Waals surface area (Å²) >= 11 is 5.90. The topological polar surface area (TPSA) is 69.2 Å². The Morgan fingerprint density at radius 3 is 2.89 bits per heavy atom. The van der Waals surface area contributed by atoms with Gasteiger partial charge in [-0.1, -0.05) is 11.6 Å². The number of aliphatic hydroxyl groups is 1. The Hall–Kier alpha value is -1.96. The molecule has 0 saturated carbocycles. The van der Waals surface area contributed by atoms with E-state index < -0.39 is 6.10 Å². The Morgan fingerprint density at radius 2 is 2.28 bits per heavy atom. The molecule has 1 aromatic carbocycles. The highest BCUT2D eigenvalue weighted by Crippen LogP contribution is 2.21. The molecule has 0 saturated heterocycles. The van der Waals surface area contributed by atoms with Crippen LogP contribution in [-0.2, 0) is 0 Å². The predicted molar refractivity (Wildman–Crippen MR) is 68.3 cm³/mol. The molecule has 2 rings (SSSR count). The van der Waals surface area contributed by atoms with E-state index in [-0.39, 0.29) is 0 Å². The number of anilines is 1. The fourth-order valence-corrected chi connectivity index (χ4v) is 1.73. The minimum Gasteiger partial charge on any atom is -0.467 e. The van der Waals surface area contributed by atoms with Crippen LogP contribution >= 0.6 is 11.6 Å². The average Bonchev–Trinajstić information content (AvgIpc) is 2.90. The fourth-order valence-electron chi connectivity index (χ4n) is 1.51. The van der Waals surface area contributed by atoms with Crippen molar-refractivity contribution in [3.63, 3.8) is 0 Å². The van der Waals surface area contributed by atoms with Crippen LogP contribution in [0.3, 0.4) is 0 Å². The highest BCUT2D eigenvalue weighted by Gasteiger charge is 2.10. The highest BCUT2D eigenvalue weighted by molar-refractivity contribution is 6.32. The molecule has 0 aliphatic rings. The zero-order valence-corrected chi connectivity index (χ0v) is 10.2. The molecule has 0 amide bonds. The van der Waals surface area contributed by atoms with E-state index in [1.54, 1.807) is 30.3 Å². The lowest BCUT2D eigenvalue weighted by Gasteiger charge is -2.11. The second kappa shape index (κ2) is 5.58. The summed E-state index contributed by atoms with van der Waals surface area (Å²) in [7, 11) is 0. The first-order valence-electron chi connectivity index (χ1n) is 5.35. The number of halogens is 1. The van der Waals surface area contributed by atoms with Gasteiger partial charge in [-0.25, -0.2) is 0 Å². The number of nitriles is 1. The summed E-state index contributed by atoms with van der Waals surface area (Å²) in [6, 6.07) is 10.4. The Labute approximate surface area is 109 Å². The first kappa shape index (κ1) is 12.5. The summed E-state index contributed by atoms with van der Waals surface area (Å²) in [6.07, 6.45) is 0.784. The smallest absolute Gasteiger partial charge is 0.134 e. The van der Waals surface area contributed by atoms with Crippen LogP contribution in [0.5, 0.6) is 0 Å². The van der Waals surface area contributed by atoms with Crippen molar-refractivity contribution in [1.29, 1.82) is 5.26 Å². The van der Waals surface area contributed by atoms with Gasteiger partial charge in [0.2, 0.25) is 0 Å². The number of nitrogens with one attached hydrogen (secondary N) is 1. The van der Waals surface area contributed by atoms with E-state index in [0.29, 0.717) is 22.9 Å². The molecule has 2 N–H and O–H groups in total. The van der Waals surface area contributed by atoms with Gasteiger partial charge in [0.15, 0.2) is 0 Å². The molecule has 0 spiro atoms. The number of benzene rings is 1. The predicted octanol–water partition coefficient (Wildman–Crippen LogP) is 2.95. The molecule has 1 atom stereocenters. The first-order chi connectivity index (χ1) is 8.70. The second-order valence-electron chi connectivity index (χ2n) is 3.72. The van der Waals surface area contributed by atoms with Crippen molar-refractivity contribution in [3.8, 4) is 6.07 Å². The van der Waals surface area contributed by atoms with Gasteiger partial charge in [-0.3, -0.25) is 0 Å². The van der Waals surface area contributed by atoms with Gasteiger partial charge in [0, 0.05) is 12.2 Å². The van der Waals surface area contributed by atoms with Gasteiger partial charge in [-0.15, -0.1) is 0 Å². The summed E-state index contributed by atoms with van der Waals surface area (Å²) < 4.78 is 5.08. The Morgan fingerprint density at radius 1 is 1.44 bits per heavy atom. The number of hydrogen-bond acceptors (Lipinski definition) is 4. The number of hydrogen-bond donors (Lipinski definition) is 2. The van der Waals surface area contributed by atoms with Crippen molar-refractivity contribution in [3.05, 3.63) is 52.9 Å². The molecule has 92 valence electrons. The zero-order chi connectivity index (χ0) is 13.0. The average molecular weight is 263 g/mol. The van der Waals surface area contributed by atoms with Gasteiger partial charge in [0.1, 0.15) is 17.9 Å². The molecular weight excluding hydrogens is 252 g/mol. The van der Waals surface area contributed by atoms with Crippen molar-refractivity contribution in [2.45, 2.75) is 6.10 Å².